The first-order valence-electron chi connectivity index (χ1n) is 10.5. The second kappa shape index (κ2) is 7.99. The lowest BCUT2D eigenvalue weighted by Gasteiger charge is -2.39. The van der Waals surface area contributed by atoms with Crippen LogP contribution in [0.15, 0.2) is 43.0 Å². The molecule has 1 saturated heterocycles. The molecule has 4 aromatic rings. The van der Waals surface area contributed by atoms with Crippen LogP contribution in [0.2, 0.25) is 0 Å². The summed E-state index contributed by atoms with van der Waals surface area (Å²) in [5.74, 6) is 2.25. The number of pyridine rings is 1. The summed E-state index contributed by atoms with van der Waals surface area (Å²) < 4.78 is 9.88. The minimum absolute atomic E-state index is 0.495. The average Bonchev–Trinajstić information content (AvgIpc) is 3.29. The minimum atomic E-state index is 0.495. The molecule has 0 radical (unpaired) electrons. The molecule has 1 aliphatic heterocycles. The van der Waals surface area contributed by atoms with E-state index in [1.165, 1.54) is 6.42 Å². The number of aryl methyl sites for hydroxylation is 2. The van der Waals surface area contributed by atoms with Gasteiger partial charge in [0, 0.05) is 49.2 Å². The van der Waals surface area contributed by atoms with E-state index in [1.807, 2.05) is 47.6 Å². The molecule has 1 aliphatic rings. The molecule has 0 aliphatic carbocycles. The van der Waals surface area contributed by atoms with Crippen molar-refractivity contribution >= 4 is 17.2 Å². The molecule has 9 heteroatoms. The molecule has 31 heavy (non-hydrogen) atoms. The van der Waals surface area contributed by atoms with Crippen LogP contribution in [-0.4, -0.2) is 60.0 Å². The number of fused-ring (bicyclic) bond motifs is 1. The Labute approximate surface area is 180 Å². The lowest BCUT2D eigenvalue weighted by Crippen LogP contribution is -2.50. The number of nitrogens with zero attached hydrogens (tertiary/aromatic N) is 7. The fraction of sp³-hybridized carbons (Fsp3) is 0.364. The summed E-state index contributed by atoms with van der Waals surface area (Å²) in [4.78, 5) is 10.8. The van der Waals surface area contributed by atoms with Gasteiger partial charge in [0.15, 0.2) is 11.6 Å². The lowest BCUT2D eigenvalue weighted by atomic mass is 10.0. The topological polar surface area (TPSA) is 85.4 Å². The highest BCUT2D eigenvalue weighted by atomic mass is 16.5. The van der Waals surface area contributed by atoms with Crippen molar-refractivity contribution in [2.45, 2.75) is 26.3 Å². The van der Waals surface area contributed by atoms with Gasteiger partial charge in [-0.15, -0.1) is 0 Å². The number of ether oxygens (including phenoxy) is 1. The van der Waals surface area contributed by atoms with Gasteiger partial charge < -0.3 is 10.1 Å². The standard InChI is InChI=1S/C22H26N8O/c1-4-29-7-6-17(29)13-31-19-12-25-28(3)22(19)16-5-8-30-18(10-16)11-21(27-30)26-20-9-15(2)23-14-24-20/h5,8-12,14,17H,4,6-7,13H2,1-3H3,(H,23,24,26,27)/t17-/m1/s1. The Morgan fingerprint density at radius 1 is 1.19 bits per heavy atom. The van der Waals surface area contributed by atoms with Crippen LogP contribution >= 0.6 is 0 Å². The van der Waals surface area contributed by atoms with E-state index in [-0.39, 0.29) is 0 Å². The number of aromatic nitrogens is 6. The summed E-state index contributed by atoms with van der Waals surface area (Å²) in [7, 11) is 1.94. The van der Waals surface area contributed by atoms with E-state index in [4.69, 9.17) is 4.74 Å². The lowest BCUT2D eigenvalue weighted by molar-refractivity contribution is 0.0563. The number of likely N-dealkylation sites (N-methyl/N-ethyl adjacent to an activating group) is 1. The molecule has 0 unspecified atom stereocenters. The maximum absolute atomic E-state index is 6.18. The SMILES string of the molecule is CCN1CC[C@@H]1COc1cnn(C)c1-c1ccn2nc(Nc3cc(C)ncn3)cc2c1. The Balaban J connectivity index is 1.38. The van der Waals surface area contributed by atoms with E-state index in [0.29, 0.717) is 12.6 Å². The third-order valence-corrected chi connectivity index (χ3v) is 5.81. The van der Waals surface area contributed by atoms with Crippen molar-refractivity contribution in [3.8, 4) is 17.0 Å². The van der Waals surface area contributed by atoms with Crippen LogP contribution in [0.1, 0.15) is 19.0 Å². The van der Waals surface area contributed by atoms with Gasteiger partial charge in [-0.1, -0.05) is 6.92 Å². The highest BCUT2D eigenvalue weighted by Gasteiger charge is 2.27. The van der Waals surface area contributed by atoms with E-state index in [0.717, 1.165) is 52.9 Å². The minimum Gasteiger partial charge on any atom is -0.488 e. The molecule has 160 valence electrons. The predicted molar refractivity (Wildman–Crippen MR) is 119 cm³/mol. The zero-order chi connectivity index (χ0) is 21.4. The van der Waals surface area contributed by atoms with Gasteiger partial charge in [0.2, 0.25) is 0 Å². The Hall–Kier alpha value is -3.46. The largest absolute Gasteiger partial charge is 0.488 e. The van der Waals surface area contributed by atoms with Gasteiger partial charge in [0.1, 0.15) is 24.4 Å². The summed E-state index contributed by atoms with van der Waals surface area (Å²) in [5.41, 5.74) is 3.87. The Bertz CT molecular complexity index is 1210. The second-order valence-electron chi connectivity index (χ2n) is 7.85. The molecular formula is C22H26N8O. The number of hydrogen-bond donors (Lipinski definition) is 1. The Kier molecular flexibility index (Phi) is 5.03. The number of anilines is 2. The number of hydrogen-bond acceptors (Lipinski definition) is 7. The predicted octanol–water partition coefficient (Wildman–Crippen LogP) is 3.05. The van der Waals surface area contributed by atoms with Crippen LogP contribution in [0.5, 0.6) is 5.75 Å². The van der Waals surface area contributed by atoms with Gasteiger partial charge >= 0.3 is 0 Å². The smallest absolute Gasteiger partial charge is 0.165 e. The van der Waals surface area contributed by atoms with Crippen LogP contribution in [-0.2, 0) is 7.05 Å². The van der Waals surface area contributed by atoms with Crippen molar-refractivity contribution < 1.29 is 4.74 Å². The van der Waals surface area contributed by atoms with Crippen molar-refractivity contribution in [2.75, 3.05) is 25.0 Å². The maximum atomic E-state index is 6.18. The summed E-state index contributed by atoms with van der Waals surface area (Å²) in [5, 5.41) is 12.3. The van der Waals surface area contributed by atoms with Crippen molar-refractivity contribution in [3.05, 3.63) is 48.7 Å². The molecule has 0 saturated carbocycles. The van der Waals surface area contributed by atoms with Crippen molar-refractivity contribution in [1.29, 1.82) is 0 Å². The fourth-order valence-corrected chi connectivity index (χ4v) is 3.99. The first kappa shape index (κ1) is 19.5. The van der Waals surface area contributed by atoms with Gasteiger partial charge in [-0.05, 0) is 32.0 Å². The Morgan fingerprint density at radius 3 is 2.87 bits per heavy atom. The molecule has 1 atom stereocenters. The summed E-state index contributed by atoms with van der Waals surface area (Å²) >= 11 is 0. The molecule has 0 amide bonds. The summed E-state index contributed by atoms with van der Waals surface area (Å²) in [6, 6.07) is 8.50. The number of likely N-dealkylation sites (tertiary alicyclic amines) is 1. The van der Waals surface area contributed by atoms with Crippen LogP contribution < -0.4 is 10.1 Å². The molecular weight excluding hydrogens is 392 g/mol. The first-order valence-corrected chi connectivity index (χ1v) is 10.5. The molecule has 1 fully saturated rings. The van der Waals surface area contributed by atoms with Gasteiger partial charge in [-0.2, -0.15) is 10.2 Å². The third-order valence-electron chi connectivity index (χ3n) is 5.81. The van der Waals surface area contributed by atoms with Crippen LogP contribution in [0.25, 0.3) is 16.8 Å². The quantitative estimate of drug-likeness (QED) is 0.494. The number of nitrogens with one attached hydrogen (secondary N) is 1. The highest BCUT2D eigenvalue weighted by Crippen LogP contribution is 2.31. The van der Waals surface area contributed by atoms with Gasteiger partial charge in [0.25, 0.3) is 0 Å². The molecule has 5 rings (SSSR count). The normalized spacial score (nSPS) is 16.4. The van der Waals surface area contributed by atoms with Gasteiger partial charge in [0.05, 0.1) is 11.7 Å². The van der Waals surface area contributed by atoms with Crippen molar-refractivity contribution in [3.63, 3.8) is 0 Å². The molecule has 0 spiro atoms. The van der Waals surface area contributed by atoms with E-state index < -0.39 is 0 Å². The summed E-state index contributed by atoms with van der Waals surface area (Å²) in [6.07, 6.45) is 6.48. The van der Waals surface area contributed by atoms with Gasteiger partial charge in [-0.3, -0.25) is 9.58 Å². The zero-order valence-electron chi connectivity index (χ0n) is 18.0. The molecule has 9 nitrogen and oxygen atoms in total. The summed E-state index contributed by atoms with van der Waals surface area (Å²) in [6.45, 7) is 7.04. The van der Waals surface area contributed by atoms with Crippen LogP contribution in [0.3, 0.4) is 0 Å². The molecule has 4 aromatic heterocycles. The molecule has 0 aromatic carbocycles. The monoisotopic (exact) mass is 418 g/mol. The van der Waals surface area contributed by atoms with Gasteiger partial charge in [-0.25, -0.2) is 14.5 Å². The zero-order valence-corrected chi connectivity index (χ0v) is 18.0. The molecule has 1 N–H and O–H groups in total. The van der Waals surface area contributed by atoms with E-state index in [1.54, 1.807) is 12.5 Å². The second-order valence-corrected chi connectivity index (χ2v) is 7.85. The highest BCUT2D eigenvalue weighted by molar-refractivity contribution is 5.72. The van der Waals surface area contributed by atoms with Crippen molar-refractivity contribution in [1.82, 2.24) is 34.3 Å². The maximum Gasteiger partial charge on any atom is 0.165 e. The third kappa shape index (κ3) is 3.84. The molecule has 0 bridgehead atoms. The molecule has 5 heterocycles. The van der Waals surface area contributed by atoms with E-state index >= 15 is 0 Å². The number of rotatable bonds is 7. The first-order chi connectivity index (χ1) is 15.1. The van der Waals surface area contributed by atoms with Crippen molar-refractivity contribution in [2.24, 2.45) is 7.05 Å². The van der Waals surface area contributed by atoms with E-state index in [2.05, 4.69) is 43.4 Å². The van der Waals surface area contributed by atoms with Crippen LogP contribution in [0.4, 0.5) is 11.6 Å². The Morgan fingerprint density at radius 2 is 2.10 bits per heavy atom. The average molecular weight is 419 g/mol. The van der Waals surface area contributed by atoms with E-state index in [9.17, 15) is 0 Å². The fourth-order valence-electron chi connectivity index (χ4n) is 3.99. The van der Waals surface area contributed by atoms with Crippen LogP contribution in [0, 0.1) is 6.92 Å².